The smallest absolute Gasteiger partial charge is 0.417 e. The quantitative estimate of drug-likeness (QED) is 0.550. The van der Waals surface area contributed by atoms with Gasteiger partial charge in [0.1, 0.15) is 5.52 Å². The van der Waals surface area contributed by atoms with Gasteiger partial charge >= 0.3 is 6.18 Å². The molecule has 3 aromatic rings. The molecule has 0 spiro atoms. The number of thioether (sulfide) groups is 1. The summed E-state index contributed by atoms with van der Waals surface area (Å²) in [4.78, 5) is 16.5. The fourth-order valence-corrected chi connectivity index (χ4v) is 2.94. The first-order chi connectivity index (χ1) is 11.8. The second kappa shape index (κ2) is 6.72. The van der Waals surface area contributed by atoms with Crippen molar-refractivity contribution >= 4 is 50.4 Å². The molecule has 1 N–H and O–H groups in total. The van der Waals surface area contributed by atoms with Gasteiger partial charge in [-0.1, -0.05) is 27.7 Å². The summed E-state index contributed by atoms with van der Waals surface area (Å²) in [5.41, 5.74) is -0.115. The van der Waals surface area contributed by atoms with Crippen molar-refractivity contribution in [3.63, 3.8) is 0 Å². The lowest BCUT2D eigenvalue weighted by Gasteiger charge is -2.13. The number of rotatable bonds is 3. The number of nitrogens with one attached hydrogen (secondary N) is 1. The van der Waals surface area contributed by atoms with E-state index in [9.17, 15) is 18.0 Å². The Balaban J connectivity index is 1.92. The van der Waals surface area contributed by atoms with Crippen LogP contribution < -0.4 is 5.32 Å². The fourth-order valence-electron chi connectivity index (χ4n) is 2.22. The molecule has 3 rings (SSSR count). The van der Waals surface area contributed by atoms with Crippen molar-refractivity contribution in [2.24, 2.45) is 0 Å². The molecule has 25 heavy (non-hydrogen) atoms. The zero-order valence-corrected chi connectivity index (χ0v) is 15.1. The van der Waals surface area contributed by atoms with E-state index < -0.39 is 23.2 Å². The average molecular weight is 431 g/mol. The van der Waals surface area contributed by atoms with Gasteiger partial charge in [0.25, 0.3) is 11.1 Å². The predicted octanol–water partition coefficient (Wildman–Crippen LogP) is 5.58. The number of anilines is 1. The molecule has 0 fully saturated rings. The van der Waals surface area contributed by atoms with Crippen LogP contribution in [0.5, 0.6) is 0 Å². The third kappa shape index (κ3) is 3.82. The Morgan fingerprint density at radius 1 is 1.24 bits per heavy atom. The van der Waals surface area contributed by atoms with Gasteiger partial charge in [-0.3, -0.25) is 4.79 Å². The molecule has 1 amide bonds. The topological polar surface area (TPSA) is 55.1 Å². The summed E-state index contributed by atoms with van der Waals surface area (Å²) < 4.78 is 45.1. The number of carbonyl (C=O) groups excluding carboxylic acids is 1. The minimum absolute atomic E-state index is 0.240. The standard InChI is InChI=1S/C16H10BrF3N2O2S/c1-25-15-22-12-5-3-9(7-13(12)24-15)21-14(23)10-4-2-8(17)6-11(10)16(18,19)20/h2-7H,1H3,(H,21,23). The van der Waals surface area contributed by atoms with Crippen molar-refractivity contribution in [1.82, 2.24) is 4.98 Å². The molecular weight excluding hydrogens is 421 g/mol. The maximum absolute atomic E-state index is 13.2. The van der Waals surface area contributed by atoms with Crippen molar-refractivity contribution in [3.05, 3.63) is 52.0 Å². The molecule has 130 valence electrons. The Labute approximate surface area is 152 Å². The van der Waals surface area contributed by atoms with Crippen molar-refractivity contribution in [3.8, 4) is 0 Å². The summed E-state index contributed by atoms with van der Waals surface area (Å²) in [5, 5.41) is 2.92. The summed E-state index contributed by atoms with van der Waals surface area (Å²) in [6.07, 6.45) is -2.84. The van der Waals surface area contributed by atoms with Crippen LogP contribution in [0.15, 0.2) is 50.5 Å². The summed E-state index contributed by atoms with van der Waals surface area (Å²) in [5.74, 6) is -0.858. The van der Waals surface area contributed by atoms with Crippen LogP contribution >= 0.6 is 27.7 Å². The van der Waals surface area contributed by atoms with Gasteiger partial charge in [0.2, 0.25) is 0 Å². The summed E-state index contributed by atoms with van der Waals surface area (Å²) in [7, 11) is 0. The number of hydrogen-bond donors (Lipinski definition) is 1. The molecule has 1 aromatic heterocycles. The largest absolute Gasteiger partial charge is 0.431 e. The number of benzene rings is 2. The van der Waals surface area contributed by atoms with Crippen LogP contribution in [0.2, 0.25) is 0 Å². The number of hydrogen-bond acceptors (Lipinski definition) is 4. The van der Waals surface area contributed by atoms with E-state index in [1.807, 2.05) is 0 Å². The van der Waals surface area contributed by atoms with E-state index in [-0.39, 0.29) is 4.47 Å². The zero-order chi connectivity index (χ0) is 18.2. The first-order valence-electron chi connectivity index (χ1n) is 6.90. The summed E-state index contributed by atoms with van der Waals surface area (Å²) >= 11 is 4.31. The molecule has 0 saturated carbocycles. The van der Waals surface area contributed by atoms with E-state index in [2.05, 4.69) is 26.2 Å². The van der Waals surface area contributed by atoms with Crippen LogP contribution in [-0.4, -0.2) is 17.1 Å². The molecular formula is C16H10BrF3N2O2S. The Bertz CT molecular complexity index is 956. The lowest BCUT2D eigenvalue weighted by Crippen LogP contribution is -2.18. The average Bonchev–Trinajstić information content (AvgIpc) is 2.96. The maximum atomic E-state index is 13.2. The van der Waals surface area contributed by atoms with Crippen molar-refractivity contribution in [2.75, 3.05) is 11.6 Å². The normalized spacial score (nSPS) is 11.7. The first kappa shape index (κ1) is 17.8. The number of aromatic nitrogens is 1. The predicted molar refractivity (Wildman–Crippen MR) is 92.9 cm³/mol. The van der Waals surface area contributed by atoms with Crippen LogP contribution in [0.1, 0.15) is 15.9 Å². The third-order valence-electron chi connectivity index (χ3n) is 3.33. The minimum Gasteiger partial charge on any atom is -0.431 e. The second-order valence-corrected chi connectivity index (χ2v) is 6.68. The van der Waals surface area contributed by atoms with Gasteiger partial charge in [-0.05, 0) is 36.6 Å². The van der Waals surface area contributed by atoms with Crippen molar-refractivity contribution < 1.29 is 22.4 Å². The van der Waals surface area contributed by atoms with Gasteiger partial charge in [-0.15, -0.1) is 0 Å². The van der Waals surface area contributed by atoms with Gasteiger partial charge < -0.3 is 9.73 Å². The number of fused-ring (bicyclic) bond motifs is 1. The van der Waals surface area contributed by atoms with Crippen LogP contribution in [0, 0.1) is 0 Å². The molecule has 0 aliphatic heterocycles. The highest BCUT2D eigenvalue weighted by atomic mass is 79.9. The Hall–Kier alpha value is -2.00. The first-order valence-corrected chi connectivity index (χ1v) is 8.92. The van der Waals surface area contributed by atoms with Gasteiger partial charge in [-0.2, -0.15) is 13.2 Å². The highest BCUT2D eigenvalue weighted by molar-refractivity contribution is 9.10. The number of nitrogens with zero attached hydrogens (tertiary/aromatic N) is 1. The molecule has 0 aliphatic rings. The summed E-state index contributed by atoms with van der Waals surface area (Å²) in [6.45, 7) is 0. The molecule has 0 saturated heterocycles. The molecule has 0 unspecified atom stereocenters. The minimum atomic E-state index is -4.64. The number of alkyl halides is 3. The molecule has 9 heteroatoms. The lowest BCUT2D eigenvalue weighted by atomic mass is 10.1. The van der Waals surface area contributed by atoms with E-state index in [0.717, 1.165) is 12.1 Å². The van der Waals surface area contributed by atoms with E-state index in [4.69, 9.17) is 4.42 Å². The molecule has 1 heterocycles. The molecule has 4 nitrogen and oxygen atoms in total. The van der Waals surface area contributed by atoms with Gasteiger partial charge in [0.05, 0.1) is 11.1 Å². The van der Waals surface area contributed by atoms with Gasteiger partial charge in [0, 0.05) is 16.2 Å². The molecule has 0 radical (unpaired) electrons. The second-order valence-electron chi connectivity index (χ2n) is 5.01. The van der Waals surface area contributed by atoms with E-state index in [1.54, 1.807) is 18.4 Å². The highest BCUT2D eigenvalue weighted by Crippen LogP contribution is 2.34. The number of oxazole rings is 1. The molecule has 0 bridgehead atoms. The zero-order valence-electron chi connectivity index (χ0n) is 12.6. The Morgan fingerprint density at radius 2 is 2.00 bits per heavy atom. The van der Waals surface area contributed by atoms with Gasteiger partial charge in [0.15, 0.2) is 5.58 Å². The number of halogens is 4. The van der Waals surface area contributed by atoms with Gasteiger partial charge in [-0.25, -0.2) is 4.98 Å². The lowest BCUT2D eigenvalue weighted by molar-refractivity contribution is -0.137. The Morgan fingerprint density at radius 3 is 2.68 bits per heavy atom. The molecule has 0 atom stereocenters. The van der Waals surface area contributed by atoms with E-state index in [0.29, 0.717) is 22.0 Å². The third-order valence-corrected chi connectivity index (χ3v) is 4.35. The monoisotopic (exact) mass is 430 g/mol. The SMILES string of the molecule is CSc1nc2ccc(NC(=O)c3ccc(Br)cc3C(F)(F)F)cc2o1. The van der Waals surface area contributed by atoms with Crippen LogP contribution in [0.25, 0.3) is 11.1 Å². The summed E-state index contributed by atoms with van der Waals surface area (Å²) in [6, 6.07) is 8.08. The number of carbonyl (C=O) groups is 1. The van der Waals surface area contributed by atoms with Crippen molar-refractivity contribution in [1.29, 1.82) is 0 Å². The van der Waals surface area contributed by atoms with Crippen molar-refractivity contribution in [2.45, 2.75) is 11.4 Å². The molecule has 0 aliphatic carbocycles. The fraction of sp³-hybridized carbons (Fsp3) is 0.125. The molecule has 2 aromatic carbocycles. The van der Waals surface area contributed by atoms with E-state index >= 15 is 0 Å². The van der Waals surface area contributed by atoms with Crippen LogP contribution in [0.4, 0.5) is 18.9 Å². The maximum Gasteiger partial charge on any atom is 0.417 e. The highest BCUT2D eigenvalue weighted by Gasteiger charge is 2.35. The number of amides is 1. The Kier molecular flexibility index (Phi) is 4.79. The van der Waals surface area contributed by atoms with Crippen LogP contribution in [-0.2, 0) is 6.18 Å². The van der Waals surface area contributed by atoms with Crippen LogP contribution in [0.3, 0.4) is 0 Å². The van der Waals surface area contributed by atoms with E-state index in [1.165, 1.54) is 23.9 Å².